The zero-order chi connectivity index (χ0) is 22.9. The molecular weight excluding hydrogens is 432 g/mol. The van der Waals surface area contributed by atoms with E-state index in [0.29, 0.717) is 15.4 Å². The van der Waals surface area contributed by atoms with Crippen LogP contribution in [0.3, 0.4) is 0 Å². The van der Waals surface area contributed by atoms with E-state index in [1.54, 1.807) is 42.5 Å². The molecule has 1 amide bonds. The molecule has 1 heterocycles. The van der Waals surface area contributed by atoms with Gasteiger partial charge >= 0.3 is 5.97 Å². The molecule has 0 aliphatic heterocycles. The van der Waals surface area contributed by atoms with Gasteiger partial charge in [-0.2, -0.15) is 15.2 Å². The first-order valence-corrected chi connectivity index (χ1v) is 10.1. The first-order chi connectivity index (χ1) is 15.5. The highest BCUT2D eigenvalue weighted by Crippen LogP contribution is 2.32. The van der Waals surface area contributed by atoms with E-state index in [2.05, 4.69) is 21.4 Å². The number of nitriles is 1. The molecule has 32 heavy (non-hydrogen) atoms. The average Bonchev–Trinajstić information content (AvgIpc) is 2.82. The van der Waals surface area contributed by atoms with Crippen LogP contribution in [0, 0.1) is 11.3 Å². The van der Waals surface area contributed by atoms with Crippen molar-refractivity contribution in [3.05, 3.63) is 65.7 Å². The number of benzene rings is 2. The Morgan fingerprint density at radius 2 is 1.62 bits per heavy atom. The van der Waals surface area contributed by atoms with Crippen molar-refractivity contribution in [2.75, 3.05) is 26.1 Å². The van der Waals surface area contributed by atoms with Gasteiger partial charge in [0.25, 0.3) is 5.91 Å². The third-order valence-electron chi connectivity index (χ3n) is 4.02. The number of rotatable bonds is 8. The molecule has 0 unspecified atom stereocenters. The normalized spacial score (nSPS) is 10.0. The van der Waals surface area contributed by atoms with Crippen molar-refractivity contribution in [1.82, 2.24) is 9.97 Å². The molecule has 0 fully saturated rings. The molecule has 2 aromatic carbocycles. The third-order valence-corrected chi connectivity index (χ3v) is 5.17. The molecule has 162 valence electrons. The topological polar surface area (TPSA) is 123 Å². The fourth-order valence-electron chi connectivity index (χ4n) is 2.53. The van der Waals surface area contributed by atoms with Gasteiger partial charge < -0.3 is 14.2 Å². The van der Waals surface area contributed by atoms with Crippen LogP contribution in [0.25, 0.3) is 0 Å². The predicted octanol–water partition coefficient (Wildman–Crippen LogP) is 3.31. The van der Waals surface area contributed by atoms with Crippen molar-refractivity contribution in [3.8, 4) is 17.8 Å². The van der Waals surface area contributed by atoms with Gasteiger partial charge in [-0.25, -0.2) is 4.79 Å². The van der Waals surface area contributed by atoms with E-state index >= 15 is 0 Å². The molecule has 1 aromatic heterocycles. The summed E-state index contributed by atoms with van der Waals surface area (Å²) in [6.45, 7) is -0.546. The number of ether oxygens (including phenoxy) is 3. The Balaban J connectivity index is 1.67. The summed E-state index contributed by atoms with van der Waals surface area (Å²) in [6.07, 6.45) is 0. The average molecular weight is 450 g/mol. The summed E-state index contributed by atoms with van der Waals surface area (Å²) in [6, 6.07) is 17.4. The van der Waals surface area contributed by atoms with Crippen LogP contribution < -0.4 is 14.8 Å². The van der Waals surface area contributed by atoms with Crippen molar-refractivity contribution < 1.29 is 23.8 Å². The Bertz CT molecular complexity index is 1160. The summed E-state index contributed by atoms with van der Waals surface area (Å²) in [5.74, 6) is -0.956. The second-order valence-corrected chi connectivity index (χ2v) is 7.19. The fourth-order valence-corrected chi connectivity index (χ4v) is 3.54. The first-order valence-electron chi connectivity index (χ1n) is 9.24. The van der Waals surface area contributed by atoms with Crippen molar-refractivity contribution in [1.29, 1.82) is 5.26 Å². The van der Waals surface area contributed by atoms with Crippen LogP contribution in [-0.4, -0.2) is 42.7 Å². The van der Waals surface area contributed by atoms with Crippen LogP contribution in [0.2, 0.25) is 0 Å². The zero-order valence-corrected chi connectivity index (χ0v) is 18.0. The SMILES string of the molecule is COc1cc(OC)nc(NC(=O)COC(=O)c2ccccc2Sc2ccccc2C#N)n1. The lowest BCUT2D eigenvalue weighted by Crippen LogP contribution is -2.22. The summed E-state index contributed by atoms with van der Waals surface area (Å²) >= 11 is 1.27. The van der Waals surface area contributed by atoms with E-state index in [9.17, 15) is 14.9 Å². The second kappa shape index (κ2) is 10.8. The predicted molar refractivity (Wildman–Crippen MR) is 116 cm³/mol. The number of carbonyl (C=O) groups excluding carboxylic acids is 2. The number of nitrogens with one attached hydrogen (secondary N) is 1. The zero-order valence-electron chi connectivity index (χ0n) is 17.2. The van der Waals surface area contributed by atoms with E-state index in [1.807, 2.05) is 6.07 Å². The maximum Gasteiger partial charge on any atom is 0.339 e. The maximum atomic E-state index is 12.6. The van der Waals surface area contributed by atoms with Crippen LogP contribution in [0.1, 0.15) is 15.9 Å². The second-order valence-electron chi connectivity index (χ2n) is 6.11. The van der Waals surface area contributed by atoms with Gasteiger partial charge in [0.05, 0.1) is 31.4 Å². The Morgan fingerprint density at radius 1 is 1.00 bits per heavy atom. The molecular formula is C22H18N4O5S. The molecule has 0 saturated heterocycles. The minimum atomic E-state index is -0.679. The van der Waals surface area contributed by atoms with Crippen molar-refractivity contribution in [2.45, 2.75) is 9.79 Å². The summed E-state index contributed by atoms with van der Waals surface area (Å²) in [5.41, 5.74) is 0.770. The lowest BCUT2D eigenvalue weighted by molar-refractivity contribution is -0.119. The van der Waals surface area contributed by atoms with Crippen LogP contribution in [0.5, 0.6) is 11.8 Å². The Kier molecular flexibility index (Phi) is 7.61. The number of nitrogens with zero attached hydrogens (tertiary/aromatic N) is 3. The molecule has 9 nitrogen and oxygen atoms in total. The minimum Gasteiger partial charge on any atom is -0.481 e. The highest BCUT2D eigenvalue weighted by atomic mass is 32.2. The number of hydrogen-bond donors (Lipinski definition) is 1. The molecule has 0 aliphatic carbocycles. The maximum absolute atomic E-state index is 12.6. The lowest BCUT2D eigenvalue weighted by Gasteiger charge is -2.10. The fraction of sp³-hybridized carbons (Fsp3) is 0.136. The smallest absolute Gasteiger partial charge is 0.339 e. The van der Waals surface area contributed by atoms with Gasteiger partial charge in [0, 0.05) is 9.79 Å². The quantitative estimate of drug-likeness (QED) is 0.515. The molecule has 0 saturated carbocycles. The lowest BCUT2D eigenvalue weighted by atomic mass is 10.2. The van der Waals surface area contributed by atoms with Crippen LogP contribution in [-0.2, 0) is 9.53 Å². The summed E-state index contributed by atoms with van der Waals surface area (Å²) < 4.78 is 15.2. The molecule has 10 heteroatoms. The highest BCUT2D eigenvalue weighted by molar-refractivity contribution is 7.99. The monoisotopic (exact) mass is 450 g/mol. The molecule has 1 N–H and O–H groups in total. The number of hydrogen-bond acceptors (Lipinski definition) is 9. The Labute approximate surface area is 188 Å². The molecule has 0 atom stereocenters. The Hall–Kier alpha value is -4.10. The van der Waals surface area contributed by atoms with Crippen LogP contribution >= 0.6 is 11.8 Å². The van der Waals surface area contributed by atoms with Gasteiger partial charge in [-0.1, -0.05) is 36.0 Å². The number of methoxy groups -OCH3 is 2. The van der Waals surface area contributed by atoms with Crippen molar-refractivity contribution >= 4 is 29.6 Å². The van der Waals surface area contributed by atoms with Gasteiger partial charge in [-0.05, 0) is 24.3 Å². The number of aromatic nitrogens is 2. The van der Waals surface area contributed by atoms with Crippen molar-refractivity contribution in [2.24, 2.45) is 0 Å². The number of carbonyl (C=O) groups is 2. The largest absolute Gasteiger partial charge is 0.481 e. The molecule has 0 radical (unpaired) electrons. The molecule has 3 aromatic rings. The van der Waals surface area contributed by atoms with E-state index in [-0.39, 0.29) is 23.3 Å². The van der Waals surface area contributed by atoms with Gasteiger partial charge in [-0.3, -0.25) is 10.1 Å². The minimum absolute atomic E-state index is 0.0497. The van der Waals surface area contributed by atoms with Crippen molar-refractivity contribution in [3.63, 3.8) is 0 Å². The van der Waals surface area contributed by atoms with E-state index in [1.165, 1.54) is 32.0 Å². The molecule has 3 rings (SSSR count). The standard InChI is InChI=1S/C22H18N4O5S/c1-29-19-11-20(30-2)26-22(25-19)24-18(27)13-31-21(28)15-8-4-6-10-17(15)32-16-9-5-3-7-14(16)12-23/h3-11H,13H2,1-2H3,(H,24,25,26,27). The molecule has 0 spiro atoms. The Morgan fingerprint density at radius 3 is 2.28 bits per heavy atom. The van der Waals surface area contributed by atoms with Gasteiger partial charge in [-0.15, -0.1) is 0 Å². The van der Waals surface area contributed by atoms with Gasteiger partial charge in [0.15, 0.2) is 6.61 Å². The van der Waals surface area contributed by atoms with E-state index in [0.717, 1.165) is 0 Å². The first kappa shape index (κ1) is 22.6. The summed E-state index contributed by atoms with van der Waals surface area (Å²) in [7, 11) is 2.83. The van der Waals surface area contributed by atoms with E-state index in [4.69, 9.17) is 14.2 Å². The van der Waals surface area contributed by atoms with E-state index < -0.39 is 18.5 Å². The number of esters is 1. The third kappa shape index (κ3) is 5.74. The summed E-state index contributed by atoms with van der Waals surface area (Å²) in [4.78, 5) is 34.1. The summed E-state index contributed by atoms with van der Waals surface area (Å²) in [5, 5.41) is 11.7. The molecule has 0 bridgehead atoms. The highest BCUT2D eigenvalue weighted by Gasteiger charge is 2.17. The number of amides is 1. The van der Waals surface area contributed by atoms with Crippen LogP contribution in [0.4, 0.5) is 5.95 Å². The molecule has 0 aliphatic rings. The number of anilines is 1. The van der Waals surface area contributed by atoms with Gasteiger partial charge in [0.1, 0.15) is 6.07 Å². The van der Waals surface area contributed by atoms with Crippen LogP contribution in [0.15, 0.2) is 64.4 Å². The van der Waals surface area contributed by atoms with Gasteiger partial charge in [0.2, 0.25) is 17.7 Å².